The number of fused-ring (bicyclic) bond motifs is 1. The fourth-order valence-corrected chi connectivity index (χ4v) is 3.78. The largest absolute Gasteiger partial charge is 0.387 e. The molecule has 4 heterocycles. The molecule has 0 spiro atoms. The fourth-order valence-electron chi connectivity index (χ4n) is 3.78. The van der Waals surface area contributed by atoms with Crippen LogP contribution in [-0.4, -0.2) is 43.0 Å². The maximum atomic E-state index is 4.72. The molecular formula is C22H26N8. The van der Waals surface area contributed by atoms with Crippen molar-refractivity contribution in [3.05, 3.63) is 60.4 Å². The van der Waals surface area contributed by atoms with E-state index >= 15 is 0 Å². The van der Waals surface area contributed by atoms with E-state index in [2.05, 4.69) is 54.9 Å². The van der Waals surface area contributed by atoms with Crippen molar-refractivity contribution in [3.8, 4) is 11.3 Å². The lowest BCUT2D eigenvalue weighted by Crippen LogP contribution is -2.26. The smallest absolute Gasteiger partial charge is 0.137 e. The Kier molecular flexibility index (Phi) is 5.15. The number of nitrogens with zero attached hydrogens (tertiary/aromatic N) is 6. The average molecular weight is 403 g/mol. The molecule has 0 amide bonds. The van der Waals surface area contributed by atoms with Crippen LogP contribution in [0.1, 0.15) is 30.5 Å². The zero-order valence-corrected chi connectivity index (χ0v) is 17.1. The van der Waals surface area contributed by atoms with Gasteiger partial charge in [-0.2, -0.15) is 0 Å². The van der Waals surface area contributed by atoms with Crippen molar-refractivity contribution in [2.24, 2.45) is 5.92 Å². The van der Waals surface area contributed by atoms with E-state index in [0.29, 0.717) is 6.54 Å². The highest BCUT2D eigenvalue weighted by Crippen LogP contribution is 2.25. The molecule has 0 bridgehead atoms. The normalized spacial score (nSPS) is 14.2. The summed E-state index contributed by atoms with van der Waals surface area (Å²) in [7, 11) is 1.87. The van der Waals surface area contributed by atoms with Crippen LogP contribution in [0.2, 0.25) is 0 Å². The molecule has 0 radical (unpaired) electrons. The Labute approximate surface area is 175 Å². The van der Waals surface area contributed by atoms with E-state index in [9.17, 15) is 0 Å². The molecule has 4 aromatic heterocycles. The second-order valence-electron chi connectivity index (χ2n) is 7.98. The molecule has 154 valence electrons. The summed E-state index contributed by atoms with van der Waals surface area (Å²) in [5.41, 5.74) is 5.84. The average Bonchev–Trinajstić information content (AvgIpc) is 3.36. The molecule has 4 aromatic rings. The minimum Gasteiger partial charge on any atom is -0.387 e. The van der Waals surface area contributed by atoms with E-state index in [4.69, 9.17) is 4.98 Å². The summed E-state index contributed by atoms with van der Waals surface area (Å²) in [6.07, 6.45) is 13.9. The lowest BCUT2D eigenvalue weighted by molar-refractivity contribution is 0.301. The summed E-state index contributed by atoms with van der Waals surface area (Å²) in [6, 6.07) is 6.23. The Balaban J connectivity index is 1.26. The Morgan fingerprint density at radius 3 is 2.90 bits per heavy atom. The minimum absolute atomic E-state index is 0.573. The molecule has 0 saturated heterocycles. The number of anilines is 1. The Hall–Kier alpha value is -3.26. The van der Waals surface area contributed by atoms with Gasteiger partial charge in [0.2, 0.25) is 0 Å². The summed E-state index contributed by atoms with van der Waals surface area (Å²) >= 11 is 0. The van der Waals surface area contributed by atoms with E-state index in [1.165, 1.54) is 24.8 Å². The van der Waals surface area contributed by atoms with E-state index in [-0.39, 0.29) is 0 Å². The summed E-state index contributed by atoms with van der Waals surface area (Å²) in [5.74, 6) is 0.873. The van der Waals surface area contributed by atoms with Crippen LogP contribution < -0.4 is 10.6 Å². The van der Waals surface area contributed by atoms with Gasteiger partial charge < -0.3 is 15.0 Å². The van der Waals surface area contributed by atoms with E-state index in [0.717, 1.165) is 47.3 Å². The van der Waals surface area contributed by atoms with Gasteiger partial charge in [0.05, 0.1) is 24.1 Å². The molecule has 5 rings (SSSR count). The van der Waals surface area contributed by atoms with Gasteiger partial charge in [-0.15, -0.1) is 5.10 Å². The quantitative estimate of drug-likeness (QED) is 0.471. The molecule has 1 aliphatic carbocycles. The van der Waals surface area contributed by atoms with Crippen LogP contribution >= 0.6 is 0 Å². The van der Waals surface area contributed by atoms with Gasteiger partial charge in [0, 0.05) is 43.9 Å². The van der Waals surface area contributed by atoms with Gasteiger partial charge in [0.15, 0.2) is 0 Å². The van der Waals surface area contributed by atoms with Crippen molar-refractivity contribution in [2.75, 3.05) is 18.9 Å². The van der Waals surface area contributed by atoms with Crippen LogP contribution in [0.4, 0.5) is 5.69 Å². The lowest BCUT2D eigenvalue weighted by atomic mass is 9.85. The predicted octanol–water partition coefficient (Wildman–Crippen LogP) is 2.97. The molecule has 0 unspecified atom stereocenters. The first-order valence-corrected chi connectivity index (χ1v) is 10.5. The maximum absolute atomic E-state index is 4.72. The van der Waals surface area contributed by atoms with Crippen molar-refractivity contribution >= 4 is 11.3 Å². The number of pyridine rings is 2. The first-order chi connectivity index (χ1) is 14.8. The van der Waals surface area contributed by atoms with Crippen molar-refractivity contribution in [1.82, 2.24) is 34.7 Å². The predicted molar refractivity (Wildman–Crippen MR) is 116 cm³/mol. The van der Waals surface area contributed by atoms with E-state index in [1.807, 2.05) is 24.0 Å². The van der Waals surface area contributed by atoms with Gasteiger partial charge >= 0.3 is 0 Å². The Bertz CT molecular complexity index is 1140. The van der Waals surface area contributed by atoms with Gasteiger partial charge in [-0.1, -0.05) is 17.7 Å². The van der Waals surface area contributed by atoms with Crippen LogP contribution in [0.5, 0.6) is 0 Å². The fraction of sp³-hybridized carbons (Fsp3) is 0.364. The molecule has 8 nitrogen and oxygen atoms in total. The van der Waals surface area contributed by atoms with Gasteiger partial charge in [0.1, 0.15) is 11.3 Å². The summed E-state index contributed by atoms with van der Waals surface area (Å²) < 4.78 is 3.90. The lowest BCUT2D eigenvalue weighted by Gasteiger charge is -2.25. The Morgan fingerprint density at radius 2 is 2.07 bits per heavy atom. The third kappa shape index (κ3) is 4.04. The van der Waals surface area contributed by atoms with Crippen LogP contribution in [0, 0.1) is 5.92 Å². The molecule has 1 aliphatic rings. The maximum Gasteiger partial charge on any atom is 0.137 e. The first kappa shape index (κ1) is 18.7. The van der Waals surface area contributed by atoms with E-state index < -0.39 is 0 Å². The van der Waals surface area contributed by atoms with Gasteiger partial charge in [0.25, 0.3) is 0 Å². The van der Waals surface area contributed by atoms with Crippen LogP contribution in [-0.2, 0) is 13.1 Å². The molecule has 0 atom stereocenters. The number of hydrogen-bond acceptors (Lipinski definition) is 6. The highest BCUT2D eigenvalue weighted by Gasteiger charge is 2.16. The summed E-state index contributed by atoms with van der Waals surface area (Å²) in [4.78, 5) is 8.96. The van der Waals surface area contributed by atoms with Crippen LogP contribution in [0.15, 0.2) is 49.2 Å². The van der Waals surface area contributed by atoms with E-state index in [1.54, 1.807) is 12.4 Å². The molecule has 8 heteroatoms. The SMILES string of the molecule is CNc1cncc(-c2cn(Cc3cn4cc(CNCC5CCC5)ccc4n3)nn2)c1. The van der Waals surface area contributed by atoms with Crippen molar-refractivity contribution in [2.45, 2.75) is 32.4 Å². The zero-order valence-electron chi connectivity index (χ0n) is 17.1. The Morgan fingerprint density at radius 1 is 1.13 bits per heavy atom. The topological polar surface area (TPSA) is 85.0 Å². The molecule has 0 aromatic carbocycles. The summed E-state index contributed by atoms with van der Waals surface area (Å²) in [6.45, 7) is 2.59. The third-order valence-electron chi connectivity index (χ3n) is 5.73. The highest BCUT2D eigenvalue weighted by molar-refractivity contribution is 5.62. The van der Waals surface area contributed by atoms with Crippen molar-refractivity contribution in [1.29, 1.82) is 0 Å². The number of imidazole rings is 1. The number of rotatable bonds is 8. The van der Waals surface area contributed by atoms with Gasteiger partial charge in [-0.05, 0) is 43.0 Å². The van der Waals surface area contributed by atoms with Gasteiger partial charge in [-0.3, -0.25) is 4.98 Å². The summed E-state index contributed by atoms with van der Waals surface area (Å²) in [5, 5.41) is 15.2. The minimum atomic E-state index is 0.573. The molecule has 1 fully saturated rings. The molecule has 30 heavy (non-hydrogen) atoms. The molecule has 0 aliphatic heterocycles. The van der Waals surface area contributed by atoms with Crippen LogP contribution in [0.25, 0.3) is 16.9 Å². The second-order valence-corrected chi connectivity index (χ2v) is 7.98. The zero-order chi connectivity index (χ0) is 20.3. The number of aromatic nitrogens is 6. The van der Waals surface area contributed by atoms with Gasteiger partial charge in [-0.25, -0.2) is 9.67 Å². The standard InChI is InChI=1S/C22H26N8/c1-23-19-7-18(10-25-11-19)21-15-30(28-27-21)14-20-13-29-12-17(5-6-22(29)26-20)9-24-8-16-3-2-4-16/h5-7,10-13,15-16,23-24H,2-4,8-9,14H2,1H3. The first-order valence-electron chi connectivity index (χ1n) is 10.5. The molecule has 2 N–H and O–H groups in total. The second kappa shape index (κ2) is 8.23. The van der Waals surface area contributed by atoms with Crippen molar-refractivity contribution < 1.29 is 0 Å². The van der Waals surface area contributed by atoms with Crippen LogP contribution in [0.3, 0.4) is 0 Å². The molecule has 1 saturated carbocycles. The highest BCUT2D eigenvalue weighted by atomic mass is 15.4. The molecular weight excluding hydrogens is 376 g/mol. The third-order valence-corrected chi connectivity index (χ3v) is 5.73. The van der Waals surface area contributed by atoms with Crippen molar-refractivity contribution in [3.63, 3.8) is 0 Å². The monoisotopic (exact) mass is 402 g/mol. The number of nitrogens with one attached hydrogen (secondary N) is 2. The number of hydrogen-bond donors (Lipinski definition) is 2.